The molecule has 0 aromatic carbocycles. The predicted octanol–water partition coefficient (Wildman–Crippen LogP) is 1.46. The number of aromatic nitrogens is 2. The van der Waals surface area contributed by atoms with Gasteiger partial charge in [-0.15, -0.1) is 0 Å². The summed E-state index contributed by atoms with van der Waals surface area (Å²) < 4.78 is 13.6. The van der Waals surface area contributed by atoms with Crippen LogP contribution in [0.15, 0.2) is 6.33 Å². The van der Waals surface area contributed by atoms with Gasteiger partial charge in [-0.1, -0.05) is 6.42 Å². The average molecular weight is 224 g/mol. The summed E-state index contributed by atoms with van der Waals surface area (Å²) in [6.07, 6.45) is 4.71. The number of nitrogens with one attached hydrogen (secondary N) is 1. The number of anilines is 1. The van der Waals surface area contributed by atoms with E-state index in [0.29, 0.717) is 18.2 Å². The van der Waals surface area contributed by atoms with Gasteiger partial charge in [-0.2, -0.15) is 0 Å². The van der Waals surface area contributed by atoms with Crippen molar-refractivity contribution >= 4 is 5.82 Å². The number of halogens is 1. The summed E-state index contributed by atoms with van der Waals surface area (Å²) in [5, 5.41) is 3.02. The van der Waals surface area contributed by atoms with E-state index in [1.54, 1.807) is 6.92 Å². The van der Waals surface area contributed by atoms with Gasteiger partial charge >= 0.3 is 0 Å². The Morgan fingerprint density at radius 2 is 2.31 bits per heavy atom. The Labute approximate surface area is 94.5 Å². The van der Waals surface area contributed by atoms with Gasteiger partial charge in [0.1, 0.15) is 6.33 Å². The lowest BCUT2D eigenvalue weighted by Gasteiger charge is -2.16. The van der Waals surface area contributed by atoms with E-state index in [9.17, 15) is 4.39 Å². The molecule has 0 aliphatic heterocycles. The van der Waals surface area contributed by atoms with E-state index in [1.165, 1.54) is 12.7 Å². The minimum Gasteiger partial charge on any atom is -0.367 e. The lowest BCUT2D eigenvalue weighted by Crippen LogP contribution is -2.30. The molecular weight excluding hydrogens is 207 g/mol. The molecule has 0 bridgehead atoms. The molecule has 1 aliphatic carbocycles. The molecular formula is C11H17FN4. The Bertz CT molecular complexity index is 369. The fourth-order valence-corrected chi connectivity index (χ4v) is 2.13. The molecule has 0 spiro atoms. The molecule has 1 heterocycles. The lowest BCUT2D eigenvalue weighted by atomic mass is 10.1. The van der Waals surface area contributed by atoms with E-state index in [1.807, 2.05) is 0 Å². The van der Waals surface area contributed by atoms with Crippen LogP contribution in [0.1, 0.15) is 25.0 Å². The molecule has 1 aliphatic rings. The second-order valence-corrected chi connectivity index (χ2v) is 4.36. The number of aryl methyl sites for hydroxylation is 1. The number of nitrogens with zero attached hydrogens (tertiary/aromatic N) is 2. The van der Waals surface area contributed by atoms with E-state index in [0.717, 1.165) is 12.8 Å². The van der Waals surface area contributed by atoms with Crippen molar-refractivity contribution in [3.05, 3.63) is 17.8 Å². The van der Waals surface area contributed by atoms with E-state index in [2.05, 4.69) is 15.3 Å². The highest BCUT2D eigenvalue weighted by molar-refractivity contribution is 5.36. The van der Waals surface area contributed by atoms with Crippen molar-refractivity contribution in [2.75, 3.05) is 11.9 Å². The van der Waals surface area contributed by atoms with Gasteiger partial charge in [0.25, 0.3) is 0 Å². The fraction of sp³-hybridized carbons (Fsp3) is 0.636. The quantitative estimate of drug-likeness (QED) is 0.816. The smallest absolute Gasteiger partial charge is 0.186 e. The summed E-state index contributed by atoms with van der Waals surface area (Å²) in [5.41, 5.74) is 6.31. The zero-order valence-corrected chi connectivity index (χ0v) is 9.41. The first kappa shape index (κ1) is 11.3. The molecule has 0 amide bonds. The summed E-state index contributed by atoms with van der Waals surface area (Å²) in [7, 11) is 0. The van der Waals surface area contributed by atoms with Gasteiger partial charge in [0.05, 0.1) is 5.69 Å². The largest absolute Gasteiger partial charge is 0.367 e. The van der Waals surface area contributed by atoms with Crippen LogP contribution in [0.25, 0.3) is 0 Å². The molecule has 1 fully saturated rings. The van der Waals surface area contributed by atoms with E-state index < -0.39 is 0 Å². The highest BCUT2D eigenvalue weighted by Crippen LogP contribution is 2.24. The first-order valence-corrected chi connectivity index (χ1v) is 5.65. The molecule has 2 rings (SSSR count). The normalized spacial score (nSPS) is 24.7. The molecule has 0 saturated heterocycles. The molecule has 1 saturated carbocycles. The third-order valence-corrected chi connectivity index (χ3v) is 3.21. The maximum absolute atomic E-state index is 13.6. The highest BCUT2D eigenvalue weighted by atomic mass is 19.1. The van der Waals surface area contributed by atoms with Crippen LogP contribution in [-0.2, 0) is 0 Å². The molecule has 0 radical (unpaired) electrons. The zero-order chi connectivity index (χ0) is 11.5. The zero-order valence-electron chi connectivity index (χ0n) is 9.41. The van der Waals surface area contributed by atoms with Crippen LogP contribution < -0.4 is 11.1 Å². The van der Waals surface area contributed by atoms with Crippen LogP contribution in [0.2, 0.25) is 0 Å². The summed E-state index contributed by atoms with van der Waals surface area (Å²) in [5.74, 6) is 0.343. The fourth-order valence-electron chi connectivity index (χ4n) is 2.13. The van der Waals surface area contributed by atoms with Gasteiger partial charge in [-0.05, 0) is 25.7 Å². The van der Waals surface area contributed by atoms with Crippen molar-refractivity contribution in [3.63, 3.8) is 0 Å². The van der Waals surface area contributed by atoms with Crippen molar-refractivity contribution in [2.45, 2.75) is 32.2 Å². The molecule has 4 nitrogen and oxygen atoms in total. The van der Waals surface area contributed by atoms with Crippen LogP contribution in [0.4, 0.5) is 10.2 Å². The molecule has 1 aromatic rings. The Kier molecular flexibility index (Phi) is 3.33. The Balaban J connectivity index is 1.96. The van der Waals surface area contributed by atoms with Gasteiger partial charge in [0, 0.05) is 12.6 Å². The van der Waals surface area contributed by atoms with E-state index >= 15 is 0 Å². The number of hydrogen-bond acceptors (Lipinski definition) is 4. The SMILES string of the molecule is Cc1ncnc(NCC2CCCC2N)c1F. The number of hydrogen-bond donors (Lipinski definition) is 2. The maximum atomic E-state index is 13.6. The van der Waals surface area contributed by atoms with E-state index in [4.69, 9.17) is 5.73 Å². The molecule has 16 heavy (non-hydrogen) atoms. The second-order valence-electron chi connectivity index (χ2n) is 4.36. The summed E-state index contributed by atoms with van der Waals surface area (Å²) in [6, 6.07) is 0.235. The van der Waals surface area contributed by atoms with Crippen molar-refractivity contribution in [1.82, 2.24) is 9.97 Å². The van der Waals surface area contributed by atoms with Gasteiger partial charge in [0.15, 0.2) is 11.6 Å². The van der Waals surface area contributed by atoms with Crippen molar-refractivity contribution in [1.29, 1.82) is 0 Å². The van der Waals surface area contributed by atoms with Gasteiger partial charge in [-0.3, -0.25) is 0 Å². The third-order valence-electron chi connectivity index (χ3n) is 3.21. The second kappa shape index (κ2) is 4.74. The Morgan fingerprint density at radius 3 is 3.00 bits per heavy atom. The predicted molar refractivity (Wildman–Crippen MR) is 60.5 cm³/mol. The number of rotatable bonds is 3. The summed E-state index contributed by atoms with van der Waals surface area (Å²) in [4.78, 5) is 7.67. The Morgan fingerprint density at radius 1 is 1.50 bits per heavy atom. The Hall–Kier alpha value is -1.23. The standard InChI is InChI=1S/C11H17FN4/c1-7-10(12)11(16-6-15-7)14-5-8-3-2-4-9(8)13/h6,8-9H,2-5,13H2,1H3,(H,14,15,16). The molecule has 3 N–H and O–H groups in total. The minimum absolute atomic E-state index is 0.235. The third kappa shape index (κ3) is 2.29. The van der Waals surface area contributed by atoms with Gasteiger partial charge in [0.2, 0.25) is 0 Å². The number of nitrogens with two attached hydrogens (primary N) is 1. The van der Waals surface area contributed by atoms with Crippen LogP contribution in [-0.4, -0.2) is 22.6 Å². The summed E-state index contributed by atoms with van der Waals surface area (Å²) in [6.45, 7) is 2.32. The average Bonchev–Trinajstić information content (AvgIpc) is 2.67. The van der Waals surface area contributed by atoms with Crippen LogP contribution in [0.3, 0.4) is 0 Å². The minimum atomic E-state index is -0.367. The maximum Gasteiger partial charge on any atom is 0.186 e. The van der Waals surface area contributed by atoms with Crippen molar-refractivity contribution in [3.8, 4) is 0 Å². The van der Waals surface area contributed by atoms with Crippen LogP contribution in [0, 0.1) is 18.7 Å². The molecule has 1 aromatic heterocycles. The first-order valence-electron chi connectivity index (χ1n) is 5.65. The van der Waals surface area contributed by atoms with Crippen molar-refractivity contribution < 1.29 is 4.39 Å². The first-order chi connectivity index (χ1) is 7.68. The van der Waals surface area contributed by atoms with Crippen LogP contribution >= 0.6 is 0 Å². The van der Waals surface area contributed by atoms with Crippen LogP contribution in [0.5, 0.6) is 0 Å². The molecule has 5 heteroatoms. The summed E-state index contributed by atoms with van der Waals surface area (Å²) >= 11 is 0. The molecule has 2 unspecified atom stereocenters. The van der Waals surface area contributed by atoms with Gasteiger partial charge < -0.3 is 11.1 Å². The topological polar surface area (TPSA) is 63.8 Å². The molecule has 88 valence electrons. The highest BCUT2D eigenvalue weighted by Gasteiger charge is 2.23. The lowest BCUT2D eigenvalue weighted by molar-refractivity contribution is 0.502. The van der Waals surface area contributed by atoms with E-state index in [-0.39, 0.29) is 17.7 Å². The van der Waals surface area contributed by atoms with Crippen molar-refractivity contribution in [2.24, 2.45) is 11.7 Å². The monoisotopic (exact) mass is 224 g/mol. The molecule has 2 atom stereocenters. The van der Waals surface area contributed by atoms with Gasteiger partial charge in [-0.25, -0.2) is 14.4 Å².